The minimum absolute atomic E-state index is 0.0170. The van der Waals surface area contributed by atoms with Gasteiger partial charge in [-0.2, -0.15) is 13.2 Å². The fourth-order valence-corrected chi connectivity index (χ4v) is 3.06. The van der Waals surface area contributed by atoms with Gasteiger partial charge < -0.3 is 10.5 Å². The molecule has 0 aliphatic heterocycles. The Morgan fingerprint density at radius 3 is 2.39 bits per heavy atom. The van der Waals surface area contributed by atoms with Crippen LogP contribution in [0.5, 0.6) is 11.5 Å². The Bertz CT molecular complexity index is 1020. The van der Waals surface area contributed by atoms with Crippen molar-refractivity contribution >= 4 is 23.7 Å². The van der Waals surface area contributed by atoms with E-state index in [1.54, 1.807) is 12.2 Å². The van der Waals surface area contributed by atoms with E-state index >= 15 is 0 Å². The number of aromatic nitrogens is 2. The van der Waals surface area contributed by atoms with Gasteiger partial charge in [-0.15, -0.1) is 0 Å². The van der Waals surface area contributed by atoms with Gasteiger partial charge in [0.15, 0.2) is 0 Å². The molecule has 1 fully saturated rings. The molecule has 12 heteroatoms. The Labute approximate surface area is 174 Å². The summed E-state index contributed by atoms with van der Waals surface area (Å²) in [5.74, 6) is -1.56. The van der Waals surface area contributed by atoms with Gasteiger partial charge in [0.1, 0.15) is 28.4 Å². The van der Waals surface area contributed by atoms with Crippen molar-refractivity contribution in [3.05, 3.63) is 41.9 Å². The number of anilines is 1. The van der Waals surface area contributed by atoms with Crippen LogP contribution in [0.3, 0.4) is 0 Å². The predicted octanol–water partition coefficient (Wildman–Crippen LogP) is 3.06. The summed E-state index contributed by atoms with van der Waals surface area (Å²) in [5.41, 5.74) is 3.18. The van der Waals surface area contributed by atoms with E-state index in [1.165, 1.54) is 30.6 Å². The maximum absolute atomic E-state index is 13.2. The largest absolute Gasteiger partial charge is 0.455 e. The monoisotopic (exact) mass is 437 g/mol. The molecule has 2 aromatic heterocycles. The third-order valence-corrected chi connectivity index (χ3v) is 5.00. The summed E-state index contributed by atoms with van der Waals surface area (Å²) in [4.78, 5) is 43.1. The average Bonchev–Trinajstić information content (AvgIpc) is 2.62. The number of imide groups is 1. The molecule has 0 aromatic carbocycles. The fraction of sp³-hybridized carbons (Fsp3) is 0.316. The number of amides is 4. The first-order valence-electron chi connectivity index (χ1n) is 9.12. The molecule has 164 valence electrons. The van der Waals surface area contributed by atoms with Crippen molar-refractivity contribution in [1.82, 2.24) is 15.3 Å². The SMILES string of the molecule is Cc1c(Oc2ccc(NC(=O)NC(=O)C3(C(F)(F)F)CCC3)nc2)ccnc1C(N)=O. The normalized spacial score (nSPS) is 14.8. The van der Waals surface area contributed by atoms with Crippen LogP contribution in [0.2, 0.25) is 0 Å². The highest BCUT2D eigenvalue weighted by atomic mass is 19.4. The number of carbonyl (C=O) groups is 3. The first kappa shape index (κ1) is 22.0. The lowest BCUT2D eigenvalue weighted by Crippen LogP contribution is -2.56. The Morgan fingerprint density at radius 2 is 1.87 bits per heavy atom. The zero-order valence-corrected chi connectivity index (χ0v) is 16.2. The van der Waals surface area contributed by atoms with E-state index in [-0.39, 0.29) is 36.5 Å². The number of hydrogen-bond donors (Lipinski definition) is 3. The molecule has 9 nitrogen and oxygen atoms in total. The highest BCUT2D eigenvalue weighted by Gasteiger charge is 2.63. The molecule has 31 heavy (non-hydrogen) atoms. The van der Waals surface area contributed by atoms with E-state index in [0.717, 1.165) is 0 Å². The molecule has 0 bridgehead atoms. The number of rotatable bonds is 5. The molecule has 4 amide bonds. The molecular weight excluding hydrogens is 419 g/mol. The third-order valence-electron chi connectivity index (χ3n) is 5.00. The predicted molar refractivity (Wildman–Crippen MR) is 101 cm³/mol. The van der Waals surface area contributed by atoms with Gasteiger partial charge in [-0.3, -0.25) is 25.2 Å². The molecule has 3 rings (SSSR count). The molecule has 0 saturated heterocycles. The first-order valence-corrected chi connectivity index (χ1v) is 9.12. The molecule has 0 atom stereocenters. The van der Waals surface area contributed by atoms with Gasteiger partial charge in [-0.25, -0.2) is 9.78 Å². The van der Waals surface area contributed by atoms with Gasteiger partial charge in [0.05, 0.1) is 6.20 Å². The fourth-order valence-electron chi connectivity index (χ4n) is 3.06. The number of pyridine rings is 2. The zero-order valence-electron chi connectivity index (χ0n) is 16.2. The van der Waals surface area contributed by atoms with Gasteiger partial charge in [-0.05, 0) is 38.0 Å². The van der Waals surface area contributed by atoms with Crippen LogP contribution in [0, 0.1) is 12.3 Å². The number of nitrogens with one attached hydrogen (secondary N) is 2. The maximum atomic E-state index is 13.2. The summed E-state index contributed by atoms with van der Waals surface area (Å²) in [5, 5.41) is 3.92. The number of ether oxygens (including phenoxy) is 1. The van der Waals surface area contributed by atoms with Crippen molar-refractivity contribution in [2.75, 3.05) is 5.32 Å². The van der Waals surface area contributed by atoms with E-state index in [4.69, 9.17) is 10.5 Å². The number of carbonyl (C=O) groups excluding carboxylic acids is 3. The smallest absolute Gasteiger partial charge is 0.403 e. The Kier molecular flexibility index (Phi) is 5.82. The van der Waals surface area contributed by atoms with E-state index in [0.29, 0.717) is 11.3 Å². The van der Waals surface area contributed by atoms with Gasteiger partial charge >= 0.3 is 12.2 Å². The van der Waals surface area contributed by atoms with Crippen LogP contribution in [-0.2, 0) is 4.79 Å². The summed E-state index contributed by atoms with van der Waals surface area (Å²) < 4.78 is 45.1. The molecule has 0 unspecified atom stereocenters. The minimum Gasteiger partial charge on any atom is -0.455 e. The number of alkyl halides is 3. The van der Waals surface area contributed by atoms with Crippen LogP contribution in [0.15, 0.2) is 30.6 Å². The number of hydrogen-bond acceptors (Lipinski definition) is 6. The van der Waals surface area contributed by atoms with Crippen LogP contribution >= 0.6 is 0 Å². The molecule has 1 aliphatic carbocycles. The molecule has 0 radical (unpaired) electrons. The minimum atomic E-state index is -4.73. The lowest BCUT2D eigenvalue weighted by atomic mass is 9.67. The summed E-state index contributed by atoms with van der Waals surface area (Å²) in [6, 6.07) is 3.15. The number of nitrogens with two attached hydrogens (primary N) is 1. The standard InChI is InChI=1S/C19H18F3N5O4/c1-10-12(5-8-24-14(10)15(23)28)31-11-3-4-13(25-9-11)26-17(30)27-16(29)18(6-2-7-18)19(20,21)22/h3-5,8-9H,2,6-7H2,1H3,(H2,23,28)(H2,25,26,27,29,30). The van der Waals surface area contributed by atoms with Crippen molar-refractivity contribution in [3.63, 3.8) is 0 Å². The van der Waals surface area contributed by atoms with Gasteiger partial charge in [0.25, 0.3) is 5.91 Å². The van der Waals surface area contributed by atoms with Crippen molar-refractivity contribution in [2.24, 2.45) is 11.1 Å². The molecule has 1 aliphatic rings. The lowest BCUT2D eigenvalue weighted by Gasteiger charge is -2.40. The highest BCUT2D eigenvalue weighted by molar-refractivity contribution is 6.03. The van der Waals surface area contributed by atoms with Crippen LogP contribution in [0.1, 0.15) is 35.3 Å². The van der Waals surface area contributed by atoms with Crippen LogP contribution in [0.25, 0.3) is 0 Å². The second-order valence-electron chi connectivity index (χ2n) is 6.97. The third kappa shape index (κ3) is 4.42. The zero-order chi connectivity index (χ0) is 22.8. The summed E-state index contributed by atoms with van der Waals surface area (Å²) >= 11 is 0. The molecule has 2 heterocycles. The van der Waals surface area contributed by atoms with Crippen molar-refractivity contribution in [1.29, 1.82) is 0 Å². The first-order chi connectivity index (χ1) is 14.5. The molecule has 2 aromatic rings. The Balaban J connectivity index is 1.62. The van der Waals surface area contributed by atoms with Crippen LogP contribution in [-0.4, -0.2) is 34.0 Å². The number of nitrogens with zero attached hydrogens (tertiary/aromatic N) is 2. The van der Waals surface area contributed by atoms with E-state index in [2.05, 4.69) is 15.3 Å². The Morgan fingerprint density at radius 1 is 1.16 bits per heavy atom. The number of primary amides is 1. The van der Waals surface area contributed by atoms with Gasteiger partial charge in [0, 0.05) is 11.8 Å². The summed E-state index contributed by atoms with van der Waals surface area (Å²) in [6.07, 6.45) is -2.59. The second-order valence-corrected chi connectivity index (χ2v) is 6.97. The molecule has 4 N–H and O–H groups in total. The highest BCUT2D eigenvalue weighted by Crippen LogP contribution is 2.53. The average molecular weight is 437 g/mol. The van der Waals surface area contributed by atoms with Crippen molar-refractivity contribution < 1.29 is 32.3 Å². The van der Waals surface area contributed by atoms with E-state index < -0.39 is 29.4 Å². The van der Waals surface area contributed by atoms with Gasteiger partial charge in [0.2, 0.25) is 5.91 Å². The van der Waals surface area contributed by atoms with Crippen molar-refractivity contribution in [3.8, 4) is 11.5 Å². The molecular formula is C19H18F3N5O4. The van der Waals surface area contributed by atoms with Gasteiger partial charge in [-0.1, -0.05) is 6.42 Å². The van der Waals surface area contributed by atoms with Crippen LogP contribution < -0.4 is 21.1 Å². The topological polar surface area (TPSA) is 136 Å². The molecule has 1 saturated carbocycles. The lowest BCUT2D eigenvalue weighted by molar-refractivity contribution is -0.242. The quantitative estimate of drug-likeness (QED) is 0.658. The number of urea groups is 1. The maximum Gasteiger partial charge on any atom is 0.403 e. The number of halogens is 3. The van der Waals surface area contributed by atoms with Crippen LogP contribution in [0.4, 0.5) is 23.8 Å². The summed E-state index contributed by atoms with van der Waals surface area (Å²) in [7, 11) is 0. The Hall–Kier alpha value is -3.70. The second kappa shape index (κ2) is 8.20. The van der Waals surface area contributed by atoms with E-state index in [1.807, 2.05) is 0 Å². The van der Waals surface area contributed by atoms with Crippen molar-refractivity contribution in [2.45, 2.75) is 32.4 Å². The van der Waals surface area contributed by atoms with E-state index in [9.17, 15) is 27.6 Å². The molecule has 0 spiro atoms. The summed E-state index contributed by atoms with van der Waals surface area (Å²) in [6.45, 7) is 1.60.